The van der Waals surface area contributed by atoms with Crippen LogP contribution in [-0.4, -0.2) is 33.6 Å². The molecule has 5 aromatic rings. The normalized spacial score (nSPS) is 14.7. The first-order valence-corrected chi connectivity index (χ1v) is 16.0. The number of aliphatic hydroxyl groups is 1. The van der Waals surface area contributed by atoms with Crippen LogP contribution < -0.4 is 14.4 Å². The molecule has 6 rings (SSSR count). The van der Waals surface area contributed by atoms with Gasteiger partial charge in [0.15, 0.2) is 27.4 Å². The topological polar surface area (TPSA) is 115 Å². The molecule has 228 valence electrons. The van der Waals surface area contributed by atoms with Crippen molar-refractivity contribution in [1.29, 1.82) is 0 Å². The zero-order chi connectivity index (χ0) is 31.3. The number of furan rings is 1. The number of nitrogens with zero attached hydrogens (tertiary/aromatic N) is 3. The molecule has 3 aromatic carbocycles. The number of aliphatic hydroxyl groups excluding tert-OH is 1. The van der Waals surface area contributed by atoms with Gasteiger partial charge in [0.1, 0.15) is 12.4 Å². The molecule has 9 nitrogen and oxygen atoms in total. The number of benzene rings is 3. The number of ether oxygens (including phenoxy) is 2. The van der Waals surface area contributed by atoms with Crippen LogP contribution in [0.2, 0.25) is 0 Å². The Bertz CT molecular complexity index is 1850. The second-order valence-electron chi connectivity index (χ2n) is 10.1. The van der Waals surface area contributed by atoms with Crippen LogP contribution in [0.1, 0.15) is 46.0 Å². The minimum Gasteiger partial charge on any atom is -0.503 e. The summed E-state index contributed by atoms with van der Waals surface area (Å²) in [6.45, 7) is 4.25. The lowest BCUT2D eigenvalue weighted by Gasteiger charge is -2.25. The van der Waals surface area contributed by atoms with Crippen molar-refractivity contribution in [2.24, 2.45) is 0 Å². The molecule has 1 N–H and O–H groups in total. The fourth-order valence-corrected chi connectivity index (χ4v) is 6.76. The number of anilines is 1. The third-order valence-electron chi connectivity index (χ3n) is 7.04. The van der Waals surface area contributed by atoms with Crippen molar-refractivity contribution in [3.63, 3.8) is 0 Å². The van der Waals surface area contributed by atoms with E-state index >= 15 is 0 Å². The predicted octanol–water partition coefficient (Wildman–Crippen LogP) is 7.49. The second kappa shape index (κ2) is 13.4. The Kier molecular flexibility index (Phi) is 8.99. The van der Waals surface area contributed by atoms with E-state index in [0.717, 1.165) is 11.1 Å². The van der Waals surface area contributed by atoms with Gasteiger partial charge in [-0.15, -0.1) is 10.2 Å². The number of hydrogen-bond donors (Lipinski definition) is 1. The van der Waals surface area contributed by atoms with E-state index in [0.29, 0.717) is 46.1 Å². The van der Waals surface area contributed by atoms with Gasteiger partial charge >= 0.3 is 0 Å². The van der Waals surface area contributed by atoms with E-state index in [1.165, 1.54) is 34.1 Å². The van der Waals surface area contributed by atoms with Crippen molar-refractivity contribution in [3.8, 4) is 11.5 Å². The molecule has 0 spiro atoms. The zero-order valence-corrected chi connectivity index (χ0v) is 26.1. The molecule has 1 aliphatic rings. The predicted molar refractivity (Wildman–Crippen MR) is 172 cm³/mol. The van der Waals surface area contributed by atoms with E-state index in [9.17, 15) is 14.7 Å². The van der Waals surface area contributed by atoms with Crippen molar-refractivity contribution in [1.82, 2.24) is 10.2 Å². The van der Waals surface area contributed by atoms with E-state index in [2.05, 4.69) is 10.2 Å². The van der Waals surface area contributed by atoms with Gasteiger partial charge in [-0.05, 0) is 54.8 Å². The van der Waals surface area contributed by atoms with Crippen molar-refractivity contribution in [2.75, 3.05) is 11.5 Å². The van der Waals surface area contributed by atoms with E-state index in [1.807, 2.05) is 67.6 Å². The number of aryl methyl sites for hydroxylation is 1. The molecule has 3 heterocycles. The Labute approximate surface area is 268 Å². The van der Waals surface area contributed by atoms with Gasteiger partial charge in [-0.25, -0.2) is 0 Å². The highest BCUT2D eigenvalue weighted by atomic mass is 32.2. The van der Waals surface area contributed by atoms with Crippen molar-refractivity contribution in [2.45, 2.75) is 36.6 Å². The van der Waals surface area contributed by atoms with Gasteiger partial charge in [-0.3, -0.25) is 14.5 Å². The average molecular weight is 640 g/mol. The fourth-order valence-electron chi connectivity index (χ4n) is 4.93. The molecule has 1 aliphatic heterocycles. The third-order valence-corrected chi connectivity index (χ3v) is 9.17. The summed E-state index contributed by atoms with van der Waals surface area (Å²) in [7, 11) is 0. The van der Waals surface area contributed by atoms with Crippen LogP contribution in [0.5, 0.6) is 11.5 Å². The average Bonchev–Trinajstić information content (AvgIpc) is 3.78. The van der Waals surface area contributed by atoms with Crippen LogP contribution in [0.3, 0.4) is 0 Å². The molecule has 2 aromatic heterocycles. The Morgan fingerprint density at radius 3 is 2.38 bits per heavy atom. The molecule has 0 bridgehead atoms. The molecular formula is C34H29N3O6S2. The molecule has 0 saturated carbocycles. The van der Waals surface area contributed by atoms with Crippen LogP contribution in [0.25, 0.3) is 0 Å². The zero-order valence-electron chi connectivity index (χ0n) is 24.5. The van der Waals surface area contributed by atoms with Crippen molar-refractivity contribution >= 4 is 39.9 Å². The number of rotatable bonds is 12. The number of aromatic nitrogens is 2. The fraction of sp³-hybridized carbons (Fsp3) is 0.176. The highest BCUT2D eigenvalue weighted by Gasteiger charge is 2.47. The van der Waals surface area contributed by atoms with Gasteiger partial charge in [0.25, 0.3) is 5.91 Å². The summed E-state index contributed by atoms with van der Waals surface area (Å²) < 4.78 is 18.3. The second-order valence-corrected chi connectivity index (χ2v) is 12.3. The standard InChI is InChI=1S/C34H29N3O6S2/c1-3-41-27-18-24(15-17-25(27)42-19-22-10-6-4-7-11-22)29-28(30(38)26-16-14-21(2)43-26)31(39)32(40)37(29)33-35-36-34(45-33)44-20-23-12-8-5-9-13-23/h4-18,29,39H,3,19-20H2,1-2H3. The Hall–Kier alpha value is -4.87. The van der Waals surface area contributed by atoms with E-state index in [-0.39, 0.29) is 16.5 Å². The van der Waals surface area contributed by atoms with E-state index in [4.69, 9.17) is 13.9 Å². The summed E-state index contributed by atoms with van der Waals surface area (Å²) in [4.78, 5) is 28.8. The summed E-state index contributed by atoms with van der Waals surface area (Å²) in [5.74, 6) is 0.101. The lowest BCUT2D eigenvalue weighted by Crippen LogP contribution is -2.31. The van der Waals surface area contributed by atoms with Gasteiger partial charge in [0.2, 0.25) is 10.9 Å². The summed E-state index contributed by atoms with van der Waals surface area (Å²) in [6, 6.07) is 27.0. The lowest BCUT2D eigenvalue weighted by molar-refractivity contribution is -0.117. The van der Waals surface area contributed by atoms with Gasteiger partial charge in [0.05, 0.1) is 18.2 Å². The quantitative estimate of drug-likeness (QED) is 0.0842. The summed E-state index contributed by atoms with van der Waals surface area (Å²) in [5, 5.41) is 20.0. The molecule has 1 atom stereocenters. The molecule has 0 saturated heterocycles. The van der Waals surface area contributed by atoms with E-state index in [1.54, 1.807) is 31.2 Å². The highest BCUT2D eigenvalue weighted by Crippen LogP contribution is 2.45. The van der Waals surface area contributed by atoms with Gasteiger partial charge in [-0.1, -0.05) is 89.8 Å². The van der Waals surface area contributed by atoms with Gasteiger partial charge < -0.3 is 19.0 Å². The lowest BCUT2D eigenvalue weighted by atomic mass is 9.95. The van der Waals surface area contributed by atoms with Gasteiger partial charge in [-0.2, -0.15) is 0 Å². The van der Waals surface area contributed by atoms with Crippen LogP contribution in [-0.2, 0) is 17.2 Å². The van der Waals surface area contributed by atoms with Crippen molar-refractivity contribution < 1.29 is 28.6 Å². The number of hydrogen-bond acceptors (Lipinski definition) is 10. The summed E-state index contributed by atoms with van der Waals surface area (Å²) >= 11 is 2.69. The summed E-state index contributed by atoms with van der Waals surface area (Å²) in [6.07, 6.45) is 0. The first kappa shape index (κ1) is 30.2. The number of carbonyl (C=O) groups is 2. The highest BCUT2D eigenvalue weighted by molar-refractivity contribution is 8.00. The minimum absolute atomic E-state index is 0.0120. The van der Waals surface area contributed by atoms with Crippen LogP contribution in [0.15, 0.2) is 111 Å². The minimum atomic E-state index is -1.03. The van der Waals surface area contributed by atoms with E-state index < -0.39 is 23.5 Å². The maximum Gasteiger partial charge on any atom is 0.296 e. The number of thioether (sulfide) groups is 1. The largest absolute Gasteiger partial charge is 0.503 e. The SMILES string of the molecule is CCOc1cc(C2C(C(=O)c3ccc(C)o3)=C(O)C(=O)N2c2nnc(SCc3ccccc3)s2)ccc1OCc1ccccc1. The van der Waals surface area contributed by atoms with Crippen molar-refractivity contribution in [3.05, 3.63) is 131 Å². The molecule has 0 fully saturated rings. The smallest absolute Gasteiger partial charge is 0.296 e. The Morgan fingerprint density at radius 2 is 1.69 bits per heavy atom. The molecule has 1 unspecified atom stereocenters. The first-order valence-electron chi connectivity index (χ1n) is 14.2. The Balaban J connectivity index is 1.36. The molecule has 45 heavy (non-hydrogen) atoms. The molecular weight excluding hydrogens is 611 g/mol. The van der Waals surface area contributed by atoms with Gasteiger partial charge in [0, 0.05) is 5.75 Å². The number of ketones is 1. The first-order chi connectivity index (χ1) is 21.9. The number of Topliss-reactive ketones (excluding diaryl/α,β-unsaturated/α-hetero) is 1. The van der Waals surface area contributed by atoms with Crippen LogP contribution in [0, 0.1) is 6.92 Å². The number of amides is 1. The van der Waals surface area contributed by atoms with Crippen LogP contribution >= 0.6 is 23.1 Å². The number of carbonyl (C=O) groups excluding carboxylic acids is 2. The summed E-state index contributed by atoms with van der Waals surface area (Å²) in [5.41, 5.74) is 2.50. The monoisotopic (exact) mass is 639 g/mol. The van der Waals surface area contributed by atoms with Crippen LogP contribution in [0.4, 0.5) is 5.13 Å². The maximum absolute atomic E-state index is 13.8. The molecule has 1 amide bonds. The molecule has 11 heteroatoms. The maximum atomic E-state index is 13.8. The molecule has 0 radical (unpaired) electrons. The molecule has 0 aliphatic carbocycles. The Morgan fingerprint density at radius 1 is 0.956 bits per heavy atom. The third kappa shape index (κ3) is 6.50.